The molecule has 5 heterocycles. The molecule has 1 N–H and O–H groups in total. The molecule has 1 saturated heterocycles. The van der Waals surface area contributed by atoms with Gasteiger partial charge in [-0.25, -0.2) is 13.8 Å². The second-order valence-electron chi connectivity index (χ2n) is 12.0. The maximum atomic E-state index is 16.4. The minimum absolute atomic E-state index is 0.0209. The van der Waals surface area contributed by atoms with E-state index in [2.05, 4.69) is 16.5 Å². The number of rotatable bonds is 4. The molecule has 0 spiro atoms. The molecule has 0 unspecified atom stereocenters. The predicted octanol–water partition coefficient (Wildman–Crippen LogP) is 4.82. The number of fused-ring (bicyclic) bond motifs is 5. The van der Waals surface area contributed by atoms with E-state index in [1.807, 2.05) is 13.8 Å². The molecule has 6 rings (SSSR count). The van der Waals surface area contributed by atoms with E-state index >= 15 is 13.6 Å². The normalized spacial score (nSPS) is 19.3. The SMILES string of the molecule is [2H]C([2H])([2H])N1C(=O)C[C@H]2CN(C(=O)C=C)[C@H](C)CN2c2c1c(=O)n(-c1c(C)ccnc1C(C)C)c1nc(-c3c(O)cccc3F)c(F)cc21. The quantitative estimate of drug-likeness (QED) is 0.322. The monoisotopic (exact) mass is 631 g/mol. The number of anilines is 2. The zero-order valence-corrected chi connectivity index (χ0v) is 25.7. The first-order chi connectivity index (χ1) is 23.1. The Morgan fingerprint density at radius 1 is 1.15 bits per heavy atom. The summed E-state index contributed by atoms with van der Waals surface area (Å²) in [4.78, 5) is 54.5. The lowest BCUT2D eigenvalue weighted by molar-refractivity contribution is -0.129. The van der Waals surface area contributed by atoms with E-state index in [0.717, 1.165) is 22.8 Å². The number of pyridine rings is 3. The number of benzene rings is 1. The zero-order valence-electron chi connectivity index (χ0n) is 28.7. The summed E-state index contributed by atoms with van der Waals surface area (Å²) >= 11 is 0. The summed E-state index contributed by atoms with van der Waals surface area (Å²) in [5, 5.41) is 10.6. The molecule has 2 amide bonds. The van der Waals surface area contributed by atoms with Gasteiger partial charge in [0.15, 0.2) is 11.5 Å². The molecule has 1 aromatic carbocycles. The standard InChI is InChI=1S/C34H34F2N6O4/c1-7-25(44)40-16-20-13-26(45)39(6)32-31(41(20)15-19(40)5)21-14-23(36)29(27-22(35)9-8-10-24(27)43)38-33(21)42(34(32)46)30-18(4)11-12-37-28(30)17(2)3/h7-12,14,17,19-20,43H,1,13,15-16H2,2-6H3/t19-,20+/m1/s1/i6D3. The van der Waals surface area contributed by atoms with Gasteiger partial charge in [-0.15, -0.1) is 0 Å². The Balaban J connectivity index is 1.83. The van der Waals surface area contributed by atoms with Crippen LogP contribution in [0.4, 0.5) is 20.2 Å². The number of aromatic hydroxyl groups is 1. The van der Waals surface area contributed by atoms with Crippen LogP contribution in [0.15, 0.2) is 54.0 Å². The molecule has 1 fully saturated rings. The zero-order chi connectivity index (χ0) is 35.7. The third kappa shape index (κ3) is 4.70. The number of aryl methyl sites for hydroxylation is 1. The Morgan fingerprint density at radius 2 is 1.91 bits per heavy atom. The predicted molar refractivity (Wildman–Crippen MR) is 172 cm³/mol. The third-order valence-electron chi connectivity index (χ3n) is 8.68. The van der Waals surface area contributed by atoms with Gasteiger partial charge >= 0.3 is 0 Å². The fourth-order valence-electron chi connectivity index (χ4n) is 6.49. The first kappa shape index (κ1) is 27.2. The lowest BCUT2D eigenvalue weighted by Gasteiger charge is -2.45. The third-order valence-corrected chi connectivity index (χ3v) is 8.68. The van der Waals surface area contributed by atoms with Crippen LogP contribution in [-0.4, -0.2) is 68.5 Å². The summed E-state index contributed by atoms with van der Waals surface area (Å²) in [6.45, 7) is 7.57. The van der Waals surface area contributed by atoms with Crippen molar-refractivity contribution < 1.29 is 27.6 Å². The number of carbonyl (C=O) groups excluding carboxylic acids is 2. The van der Waals surface area contributed by atoms with Gasteiger partial charge in [0, 0.05) is 48.2 Å². The molecule has 0 radical (unpaired) electrons. The Hall–Kier alpha value is -5.13. The number of phenolic OH excluding ortho intramolecular Hbond substituents is 1. The summed E-state index contributed by atoms with van der Waals surface area (Å²) < 4.78 is 57.9. The van der Waals surface area contributed by atoms with Gasteiger partial charge in [0.2, 0.25) is 11.8 Å². The molecule has 4 aromatic rings. The van der Waals surface area contributed by atoms with E-state index in [0.29, 0.717) is 16.2 Å². The first-order valence-electron chi connectivity index (χ1n) is 16.3. The van der Waals surface area contributed by atoms with Gasteiger partial charge < -0.3 is 19.8 Å². The van der Waals surface area contributed by atoms with Crippen molar-refractivity contribution in [3.63, 3.8) is 0 Å². The lowest BCUT2D eigenvalue weighted by Crippen LogP contribution is -2.59. The number of aromatic nitrogens is 3. The van der Waals surface area contributed by atoms with Crippen LogP contribution in [0.3, 0.4) is 0 Å². The van der Waals surface area contributed by atoms with Crippen LogP contribution in [0.1, 0.15) is 48.5 Å². The molecule has 238 valence electrons. The van der Waals surface area contributed by atoms with Crippen molar-refractivity contribution in [2.45, 2.75) is 52.1 Å². The van der Waals surface area contributed by atoms with E-state index in [1.54, 1.807) is 31.0 Å². The molecule has 0 saturated carbocycles. The number of phenols is 1. The summed E-state index contributed by atoms with van der Waals surface area (Å²) in [7, 11) is 0. The van der Waals surface area contributed by atoms with Gasteiger partial charge in [0.25, 0.3) is 5.56 Å². The Morgan fingerprint density at radius 3 is 2.59 bits per heavy atom. The van der Waals surface area contributed by atoms with Crippen LogP contribution in [-0.2, 0) is 9.59 Å². The summed E-state index contributed by atoms with van der Waals surface area (Å²) in [5.74, 6) is -4.20. The van der Waals surface area contributed by atoms with Crippen molar-refractivity contribution in [3.05, 3.63) is 82.4 Å². The fraction of sp³-hybridized carbons (Fsp3) is 0.324. The number of halogens is 2. The minimum Gasteiger partial charge on any atom is -0.507 e. The number of piperazine rings is 1. The van der Waals surface area contributed by atoms with Crippen LogP contribution in [0.2, 0.25) is 0 Å². The van der Waals surface area contributed by atoms with Crippen LogP contribution >= 0.6 is 0 Å². The van der Waals surface area contributed by atoms with Gasteiger partial charge in [-0.1, -0.05) is 26.5 Å². The molecule has 10 nitrogen and oxygen atoms in total. The molecule has 2 aliphatic heterocycles. The maximum Gasteiger partial charge on any atom is 0.283 e. The van der Waals surface area contributed by atoms with Gasteiger partial charge in [-0.3, -0.25) is 23.9 Å². The van der Waals surface area contributed by atoms with E-state index in [9.17, 15) is 14.7 Å². The average molecular weight is 632 g/mol. The van der Waals surface area contributed by atoms with Crippen LogP contribution in [0.5, 0.6) is 5.75 Å². The Kier molecular flexibility index (Phi) is 6.71. The molecule has 0 aliphatic carbocycles. The van der Waals surface area contributed by atoms with Crippen molar-refractivity contribution in [1.82, 2.24) is 19.4 Å². The molecule has 12 heteroatoms. The molecule has 46 heavy (non-hydrogen) atoms. The number of amides is 2. The van der Waals surface area contributed by atoms with Gasteiger partial charge in [-0.05, 0) is 55.7 Å². The van der Waals surface area contributed by atoms with Crippen molar-refractivity contribution in [2.24, 2.45) is 0 Å². The fourth-order valence-corrected chi connectivity index (χ4v) is 6.49. The second kappa shape index (κ2) is 11.3. The van der Waals surface area contributed by atoms with E-state index in [4.69, 9.17) is 4.11 Å². The van der Waals surface area contributed by atoms with Crippen LogP contribution in [0.25, 0.3) is 28.0 Å². The average Bonchev–Trinajstić information content (AvgIpc) is 3.15. The summed E-state index contributed by atoms with van der Waals surface area (Å²) in [5.41, 5.74) is -1.66. The van der Waals surface area contributed by atoms with Crippen LogP contribution < -0.4 is 15.4 Å². The molecule has 3 aromatic heterocycles. The van der Waals surface area contributed by atoms with E-state index in [1.165, 1.54) is 17.0 Å². The number of hydrogen-bond donors (Lipinski definition) is 1. The number of carbonyl (C=O) groups is 2. The molecule has 2 aliphatic rings. The Labute approximate surface area is 268 Å². The second-order valence-corrected chi connectivity index (χ2v) is 12.0. The van der Waals surface area contributed by atoms with Gasteiger partial charge in [0.05, 0.1) is 28.7 Å². The highest BCUT2D eigenvalue weighted by molar-refractivity contribution is 6.07. The highest BCUT2D eigenvalue weighted by Crippen LogP contribution is 2.43. The molecular formula is C34H34F2N6O4. The number of hydrogen-bond acceptors (Lipinski definition) is 7. The molecule has 2 atom stereocenters. The van der Waals surface area contributed by atoms with Crippen molar-refractivity contribution >= 4 is 34.2 Å². The van der Waals surface area contributed by atoms with E-state index < -0.39 is 70.8 Å². The molecule has 0 bridgehead atoms. The van der Waals surface area contributed by atoms with E-state index in [-0.39, 0.29) is 47.8 Å². The van der Waals surface area contributed by atoms with Crippen molar-refractivity contribution in [3.8, 4) is 22.7 Å². The molecular weight excluding hydrogens is 594 g/mol. The Bertz CT molecular complexity index is 2100. The van der Waals surface area contributed by atoms with Crippen molar-refractivity contribution in [2.75, 3.05) is 29.9 Å². The van der Waals surface area contributed by atoms with Gasteiger partial charge in [-0.2, -0.15) is 0 Å². The first-order valence-corrected chi connectivity index (χ1v) is 14.8. The smallest absolute Gasteiger partial charge is 0.283 e. The minimum atomic E-state index is -3.15. The highest BCUT2D eigenvalue weighted by atomic mass is 19.1. The maximum absolute atomic E-state index is 16.4. The highest BCUT2D eigenvalue weighted by Gasteiger charge is 2.42. The topological polar surface area (TPSA) is 112 Å². The largest absolute Gasteiger partial charge is 0.507 e. The van der Waals surface area contributed by atoms with Crippen LogP contribution in [0, 0.1) is 18.6 Å². The lowest BCUT2D eigenvalue weighted by atomic mass is 10.0. The summed E-state index contributed by atoms with van der Waals surface area (Å²) in [6, 6.07) is 4.78. The number of nitrogens with zero attached hydrogens (tertiary/aromatic N) is 6. The summed E-state index contributed by atoms with van der Waals surface area (Å²) in [6.07, 6.45) is 2.31. The van der Waals surface area contributed by atoms with Crippen molar-refractivity contribution in [1.29, 1.82) is 0 Å². The van der Waals surface area contributed by atoms with Gasteiger partial charge in [0.1, 0.15) is 22.9 Å².